The number of carbonyl (C=O) groups excluding carboxylic acids is 1. The second kappa shape index (κ2) is 8.52. The van der Waals surface area contributed by atoms with Gasteiger partial charge in [-0.1, -0.05) is 39.0 Å². The van der Waals surface area contributed by atoms with Crippen LogP contribution >= 0.6 is 11.8 Å². The van der Waals surface area contributed by atoms with E-state index in [0.717, 1.165) is 22.0 Å². The van der Waals surface area contributed by atoms with E-state index in [-0.39, 0.29) is 11.3 Å². The van der Waals surface area contributed by atoms with Crippen LogP contribution < -0.4 is 10.1 Å². The largest absolute Gasteiger partial charge is 0.497 e. The van der Waals surface area contributed by atoms with Crippen molar-refractivity contribution in [2.45, 2.75) is 31.1 Å². The Labute approximate surface area is 170 Å². The van der Waals surface area contributed by atoms with Crippen molar-refractivity contribution >= 4 is 23.5 Å². The molecule has 28 heavy (non-hydrogen) atoms. The third-order valence-electron chi connectivity index (χ3n) is 4.18. The van der Waals surface area contributed by atoms with Crippen molar-refractivity contribution < 1.29 is 9.53 Å². The Hall–Kier alpha value is -2.73. The summed E-state index contributed by atoms with van der Waals surface area (Å²) in [6.45, 7) is 6.31. The first-order valence-electron chi connectivity index (χ1n) is 9.09. The molecule has 3 rings (SSSR count). The highest BCUT2D eigenvalue weighted by molar-refractivity contribution is 8.00. The number of methoxy groups -OCH3 is 1. The average Bonchev–Trinajstić information content (AvgIpc) is 3.11. The van der Waals surface area contributed by atoms with Crippen molar-refractivity contribution in [2.24, 2.45) is 0 Å². The zero-order chi connectivity index (χ0) is 20.1. The highest BCUT2D eigenvalue weighted by Crippen LogP contribution is 2.27. The minimum atomic E-state index is -0.129. The quantitative estimate of drug-likeness (QED) is 0.603. The summed E-state index contributed by atoms with van der Waals surface area (Å²) in [5.41, 5.74) is 1.65. The number of hydrogen-bond acceptors (Lipinski definition) is 4. The topological polar surface area (TPSA) is 56.1 Å². The molecule has 0 aliphatic heterocycles. The first-order chi connectivity index (χ1) is 13.4. The Bertz CT molecular complexity index is 929. The van der Waals surface area contributed by atoms with Gasteiger partial charge in [-0.05, 0) is 36.4 Å². The number of ether oxygens (including phenoxy) is 1. The van der Waals surface area contributed by atoms with Crippen LogP contribution in [0.5, 0.6) is 5.75 Å². The second-order valence-electron chi connectivity index (χ2n) is 7.42. The zero-order valence-electron chi connectivity index (χ0n) is 16.6. The summed E-state index contributed by atoms with van der Waals surface area (Å²) in [7, 11) is 1.64. The lowest BCUT2D eigenvalue weighted by molar-refractivity contribution is -0.113. The van der Waals surface area contributed by atoms with Crippen molar-refractivity contribution in [2.75, 3.05) is 18.2 Å². The molecule has 0 aliphatic rings. The zero-order valence-corrected chi connectivity index (χ0v) is 17.4. The minimum absolute atomic E-state index is 0.0658. The van der Waals surface area contributed by atoms with Crippen LogP contribution in [0.25, 0.3) is 5.69 Å². The Morgan fingerprint density at radius 3 is 2.39 bits per heavy atom. The summed E-state index contributed by atoms with van der Waals surface area (Å²) < 4.78 is 7.00. The number of hydrogen-bond donors (Lipinski definition) is 1. The van der Waals surface area contributed by atoms with Gasteiger partial charge in [0.15, 0.2) is 0 Å². The SMILES string of the molecule is COc1ccc(-n2nc(C(C)(C)C)cc2NC(=O)CSc2ccccc2)cc1. The average molecular weight is 396 g/mol. The molecule has 0 saturated carbocycles. The summed E-state index contributed by atoms with van der Waals surface area (Å²) in [4.78, 5) is 13.6. The molecule has 1 heterocycles. The fraction of sp³-hybridized carbons (Fsp3) is 0.273. The number of benzene rings is 2. The van der Waals surface area contributed by atoms with Gasteiger partial charge in [0.1, 0.15) is 11.6 Å². The highest BCUT2D eigenvalue weighted by Gasteiger charge is 2.21. The number of thioether (sulfide) groups is 1. The molecule has 0 radical (unpaired) electrons. The van der Waals surface area contributed by atoms with Crippen LogP contribution in [-0.2, 0) is 10.2 Å². The summed E-state index contributed by atoms with van der Waals surface area (Å²) >= 11 is 1.51. The number of carbonyl (C=O) groups is 1. The van der Waals surface area contributed by atoms with Crippen molar-refractivity contribution in [3.63, 3.8) is 0 Å². The van der Waals surface area contributed by atoms with Crippen molar-refractivity contribution in [1.29, 1.82) is 0 Å². The van der Waals surface area contributed by atoms with Crippen LogP contribution in [0.3, 0.4) is 0 Å². The van der Waals surface area contributed by atoms with Gasteiger partial charge in [0, 0.05) is 16.4 Å². The Balaban J connectivity index is 1.81. The maximum atomic E-state index is 12.5. The molecular weight excluding hydrogens is 370 g/mol. The van der Waals surface area contributed by atoms with Crippen molar-refractivity contribution in [1.82, 2.24) is 9.78 Å². The predicted octanol–water partition coefficient (Wildman–Crippen LogP) is 4.91. The second-order valence-corrected chi connectivity index (χ2v) is 8.47. The van der Waals surface area contributed by atoms with Gasteiger partial charge in [-0.3, -0.25) is 4.79 Å². The molecule has 1 N–H and O–H groups in total. The van der Waals surface area contributed by atoms with E-state index >= 15 is 0 Å². The fourth-order valence-electron chi connectivity index (χ4n) is 2.60. The maximum Gasteiger partial charge on any atom is 0.235 e. The van der Waals surface area contributed by atoms with E-state index in [1.807, 2.05) is 60.7 Å². The fourth-order valence-corrected chi connectivity index (χ4v) is 3.32. The van der Waals surface area contributed by atoms with Crippen LogP contribution in [0.15, 0.2) is 65.6 Å². The first kappa shape index (κ1) is 20.0. The number of anilines is 1. The first-order valence-corrected chi connectivity index (χ1v) is 10.1. The van der Waals surface area contributed by atoms with Gasteiger partial charge in [0.25, 0.3) is 0 Å². The number of rotatable bonds is 6. The molecule has 0 aliphatic carbocycles. The Kier molecular flexibility index (Phi) is 6.09. The lowest BCUT2D eigenvalue weighted by atomic mass is 9.92. The van der Waals surface area contributed by atoms with Crippen LogP contribution in [0.1, 0.15) is 26.5 Å². The van der Waals surface area contributed by atoms with Gasteiger partial charge in [-0.25, -0.2) is 4.68 Å². The van der Waals surface area contributed by atoms with Gasteiger partial charge in [0.05, 0.1) is 24.2 Å². The van der Waals surface area contributed by atoms with Gasteiger partial charge >= 0.3 is 0 Å². The Morgan fingerprint density at radius 1 is 1.11 bits per heavy atom. The molecular formula is C22H25N3O2S. The van der Waals surface area contributed by atoms with E-state index in [1.165, 1.54) is 11.8 Å². The molecule has 146 valence electrons. The number of nitrogens with one attached hydrogen (secondary N) is 1. The smallest absolute Gasteiger partial charge is 0.235 e. The highest BCUT2D eigenvalue weighted by atomic mass is 32.2. The number of aromatic nitrogens is 2. The normalized spacial score (nSPS) is 11.3. The molecule has 0 atom stereocenters. The van der Waals surface area contributed by atoms with Crippen LogP contribution in [-0.4, -0.2) is 28.6 Å². The van der Waals surface area contributed by atoms with Crippen LogP contribution in [0.2, 0.25) is 0 Å². The number of nitrogens with zero attached hydrogens (tertiary/aromatic N) is 2. The van der Waals surface area contributed by atoms with E-state index in [9.17, 15) is 4.79 Å². The van der Waals surface area contributed by atoms with Gasteiger partial charge in [0.2, 0.25) is 5.91 Å². The molecule has 2 aromatic carbocycles. The molecule has 6 heteroatoms. The molecule has 0 bridgehead atoms. The molecule has 1 aromatic heterocycles. The van der Waals surface area contributed by atoms with Crippen molar-refractivity contribution in [3.05, 3.63) is 66.4 Å². The van der Waals surface area contributed by atoms with Crippen LogP contribution in [0.4, 0.5) is 5.82 Å². The Morgan fingerprint density at radius 2 is 1.79 bits per heavy atom. The van der Waals surface area contributed by atoms with Gasteiger partial charge < -0.3 is 10.1 Å². The van der Waals surface area contributed by atoms with E-state index in [0.29, 0.717) is 11.6 Å². The summed E-state index contributed by atoms with van der Waals surface area (Å²) in [5.74, 6) is 1.71. The molecule has 0 fully saturated rings. The summed E-state index contributed by atoms with van der Waals surface area (Å²) in [6, 6.07) is 19.4. The van der Waals surface area contributed by atoms with Crippen LogP contribution in [0, 0.1) is 0 Å². The molecule has 0 spiro atoms. The summed E-state index contributed by atoms with van der Waals surface area (Å²) in [6.07, 6.45) is 0. The van der Waals surface area contributed by atoms with Gasteiger partial charge in [-0.15, -0.1) is 11.8 Å². The van der Waals surface area contributed by atoms with E-state index in [1.54, 1.807) is 11.8 Å². The lowest BCUT2D eigenvalue weighted by Gasteiger charge is -2.14. The van der Waals surface area contributed by atoms with Crippen molar-refractivity contribution in [3.8, 4) is 11.4 Å². The number of amides is 1. The monoisotopic (exact) mass is 395 g/mol. The summed E-state index contributed by atoms with van der Waals surface area (Å²) in [5, 5.41) is 7.74. The maximum absolute atomic E-state index is 12.5. The third kappa shape index (κ3) is 4.95. The van der Waals surface area contributed by atoms with E-state index < -0.39 is 0 Å². The standard InChI is InChI=1S/C22H25N3O2S/c1-22(2,3)19-14-20(23-21(26)15-28-18-8-6-5-7-9-18)25(24-19)16-10-12-17(27-4)13-11-16/h5-14H,15H2,1-4H3,(H,23,26). The minimum Gasteiger partial charge on any atom is -0.497 e. The molecule has 5 nitrogen and oxygen atoms in total. The molecule has 1 amide bonds. The molecule has 0 saturated heterocycles. The lowest BCUT2D eigenvalue weighted by Crippen LogP contribution is -2.17. The van der Waals surface area contributed by atoms with E-state index in [2.05, 4.69) is 26.1 Å². The van der Waals surface area contributed by atoms with Gasteiger partial charge in [-0.2, -0.15) is 5.10 Å². The molecule has 0 unspecified atom stereocenters. The van der Waals surface area contributed by atoms with E-state index in [4.69, 9.17) is 9.84 Å². The third-order valence-corrected chi connectivity index (χ3v) is 5.19. The predicted molar refractivity (Wildman–Crippen MR) is 115 cm³/mol. The molecule has 3 aromatic rings.